The van der Waals surface area contributed by atoms with Crippen LogP contribution in [0.5, 0.6) is 0 Å². The third-order valence-electron chi connectivity index (χ3n) is 3.04. The molecule has 0 saturated heterocycles. The van der Waals surface area contributed by atoms with Gasteiger partial charge in [-0.3, -0.25) is 0 Å². The van der Waals surface area contributed by atoms with Crippen molar-refractivity contribution >= 4 is 11.8 Å². The summed E-state index contributed by atoms with van der Waals surface area (Å²) >= 11 is 0. The van der Waals surface area contributed by atoms with E-state index in [2.05, 4.69) is 16.9 Å². The molecule has 0 bridgehead atoms. The molecule has 21 heavy (non-hydrogen) atoms. The Morgan fingerprint density at radius 1 is 1.52 bits per heavy atom. The number of nitrogens with zero attached hydrogens (tertiary/aromatic N) is 1. The number of carboxylic acid groups (broad SMARTS) is 1. The largest absolute Gasteiger partial charge is 0.478 e. The SMILES string of the molecule is C=C(C)/C(=C\C=C/C)C(C)Nc1ncc(C)cc1C(=O)O. The minimum absolute atomic E-state index is 0.0907. The molecule has 0 amide bonds. The van der Waals surface area contributed by atoms with E-state index in [-0.39, 0.29) is 11.6 Å². The van der Waals surface area contributed by atoms with Gasteiger partial charge in [-0.05, 0) is 44.9 Å². The first kappa shape index (κ1) is 16.7. The Kier molecular flexibility index (Phi) is 5.91. The molecule has 1 aromatic heterocycles. The summed E-state index contributed by atoms with van der Waals surface area (Å²) in [6.45, 7) is 11.6. The number of allylic oxidation sites excluding steroid dienone is 3. The fourth-order valence-electron chi connectivity index (χ4n) is 1.99. The highest BCUT2D eigenvalue weighted by Crippen LogP contribution is 2.20. The Morgan fingerprint density at radius 3 is 2.71 bits per heavy atom. The predicted molar refractivity (Wildman–Crippen MR) is 86.7 cm³/mol. The maximum atomic E-state index is 11.3. The van der Waals surface area contributed by atoms with Crippen LogP contribution < -0.4 is 5.32 Å². The van der Waals surface area contributed by atoms with Crippen molar-refractivity contribution in [3.05, 3.63) is 59.3 Å². The van der Waals surface area contributed by atoms with Crippen molar-refractivity contribution in [3.63, 3.8) is 0 Å². The lowest BCUT2D eigenvalue weighted by atomic mass is 10.0. The Hall–Kier alpha value is -2.36. The molecule has 2 N–H and O–H groups in total. The van der Waals surface area contributed by atoms with E-state index in [9.17, 15) is 9.90 Å². The smallest absolute Gasteiger partial charge is 0.339 e. The molecule has 0 aromatic carbocycles. The first-order chi connectivity index (χ1) is 9.86. The normalized spacial score (nSPS) is 13.2. The summed E-state index contributed by atoms with van der Waals surface area (Å²) in [5, 5.41) is 12.4. The maximum Gasteiger partial charge on any atom is 0.339 e. The Balaban J connectivity index is 3.09. The number of aromatic nitrogens is 1. The maximum absolute atomic E-state index is 11.3. The van der Waals surface area contributed by atoms with Crippen molar-refractivity contribution in [3.8, 4) is 0 Å². The molecule has 0 saturated carbocycles. The van der Waals surface area contributed by atoms with E-state index >= 15 is 0 Å². The van der Waals surface area contributed by atoms with Crippen molar-refractivity contribution in [2.75, 3.05) is 5.32 Å². The number of carbonyl (C=O) groups is 1. The molecule has 1 atom stereocenters. The minimum Gasteiger partial charge on any atom is -0.478 e. The molecule has 4 nitrogen and oxygen atoms in total. The number of aromatic carboxylic acids is 1. The highest BCUT2D eigenvalue weighted by atomic mass is 16.4. The molecule has 1 heterocycles. The van der Waals surface area contributed by atoms with Gasteiger partial charge in [0.05, 0.1) is 6.04 Å². The van der Waals surface area contributed by atoms with E-state index < -0.39 is 5.97 Å². The average Bonchev–Trinajstić information content (AvgIpc) is 2.40. The van der Waals surface area contributed by atoms with Gasteiger partial charge in [0.15, 0.2) is 0 Å². The predicted octanol–water partition coefficient (Wildman–Crippen LogP) is 3.97. The monoisotopic (exact) mass is 286 g/mol. The van der Waals surface area contributed by atoms with Gasteiger partial charge >= 0.3 is 5.97 Å². The summed E-state index contributed by atoms with van der Waals surface area (Å²) in [6, 6.07) is 1.52. The molecule has 1 rings (SSSR count). The van der Waals surface area contributed by atoms with Gasteiger partial charge in [0.25, 0.3) is 0 Å². The molecule has 0 radical (unpaired) electrons. The zero-order valence-corrected chi connectivity index (χ0v) is 13.0. The number of hydrogen-bond acceptors (Lipinski definition) is 3. The van der Waals surface area contributed by atoms with Crippen molar-refractivity contribution in [1.29, 1.82) is 0 Å². The number of hydrogen-bond donors (Lipinski definition) is 2. The number of aryl methyl sites for hydroxylation is 1. The van der Waals surface area contributed by atoms with E-state index in [1.165, 1.54) is 0 Å². The van der Waals surface area contributed by atoms with E-state index in [1.54, 1.807) is 12.3 Å². The molecule has 0 aliphatic rings. The number of carboxylic acids is 1. The Bertz CT molecular complexity index is 601. The second-order valence-corrected chi connectivity index (χ2v) is 5.01. The second kappa shape index (κ2) is 7.43. The third kappa shape index (κ3) is 4.60. The second-order valence-electron chi connectivity index (χ2n) is 5.01. The van der Waals surface area contributed by atoms with Crippen LogP contribution in [0.25, 0.3) is 0 Å². The fourth-order valence-corrected chi connectivity index (χ4v) is 1.99. The molecule has 0 fully saturated rings. The Labute approximate surface area is 125 Å². The topological polar surface area (TPSA) is 62.2 Å². The summed E-state index contributed by atoms with van der Waals surface area (Å²) in [4.78, 5) is 15.5. The molecule has 0 spiro atoms. The van der Waals surface area contributed by atoms with Gasteiger partial charge < -0.3 is 10.4 Å². The zero-order chi connectivity index (χ0) is 16.0. The van der Waals surface area contributed by atoms with Crippen LogP contribution in [0.2, 0.25) is 0 Å². The standard InChI is InChI=1S/C17H22N2O2/c1-6-7-8-14(11(2)3)13(5)19-16-15(17(20)21)9-12(4)10-18-16/h6-10,13H,2H2,1,3-5H3,(H,18,19)(H,20,21)/b7-6-,14-8+. The van der Waals surface area contributed by atoms with Gasteiger partial charge in [-0.15, -0.1) is 0 Å². The lowest BCUT2D eigenvalue weighted by Crippen LogP contribution is -2.21. The van der Waals surface area contributed by atoms with E-state index in [0.717, 1.165) is 16.7 Å². The van der Waals surface area contributed by atoms with E-state index in [1.807, 2.05) is 45.9 Å². The van der Waals surface area contributed by atoms with Crippen molar-refractivity contribution in [1.82, 2.24) is 4.98 Å². The van der Waals surface area contributed by atoms with Crippen molar-refractivity contribution < 1.29 is 9.90 Å². The highest BCUT2D eigenvalue weighted by Gasteiger charge is 2.16. The highest BCUT2D eigenvalue weighted by molar-refractivity contribution is 5.93. The van der Waals surface area contributed by atoms with Crippen LogP contribution in [0.4, 0.5) is 5.82 Å². The van der Waals surface area contributed by atoms with E-state index in [4.69, 9.17) is 0 Å². The number of rotatable bonds is 6. The minimum atomic E-state index is -0.991. The van der Waals surface area contributed by atoms with Gasteiger partial charge in [-0.2, -0.15) is 0 Å². The lowest BCUT2D eigenvalue weighted by Gasteiger charge is -2.19. The number of anilines is 1. The van der Waals surface area contributed by atoms with Crippen molar-refractivity contribution in [2.24, 2.45) is 0 Å². The van der Waals surface area contributed by atoms with Crippen LogP contribution in [-0.4, -0.2) is 22.1 Å². The summed E-state index contributed by atoms with van der Waals surface area (Å²) < 4.78 is 0. The van der Waals surface area contributed by atoms with Gasteiger partial charge in [-0.25, -0.2) is 9.78 Å². The summed E-state index contributed by atoms with van der Waals surface area (Å²) in [5.41, 5.74) is 2.92. The van der Waals surface area contributed by atoms with Crippen LogP contribution in [0, 0.1) is 6.92 Å². The summed E-state index contributed by atoms with van der Waals surface area (Å²) in [7, 11) is 0. The lowest BCUT2D eigenvalue weighted by molar-refractivity contribution is 0.0697. The summed E-state index contributed by atoms with van der Waals surface area (Å²) in [6.07, 6.45) is 7.48. The number of pyridine rings is 1. The Morgan fingerprint density at radius 2 is 2.19 bits per heavy atom. The van der Waals surface area contributed by atoms with Gasteiger partial charge in [0.1, 0.15) is 11.4 Å². The van der Waals surface area contributed by atoms with Crippen LogP contribution in [0.1, 0.15) is 36.7 Å². The zero-order valence-electron chi connectivity index (χ0n) is 13.0. The van der Waals surface area contributed by atoms with Crippen LogP contribution >= 0.6 is 0 Å². The van der Waals surface area contributed by atoms with Gasteiger partial charge in [-0.1, -0.05) is 30.4 Å². The first-order valence-electron chi connectivity index (χ1n) is 6.82. The number of nitrogens with one attached hydrogen (secondary N) is 1. The summed E-state index contributed by atoms with van der Waals surface area (Å²) in [5.74, 6) is -0.622. The average molecular weight is 286 g/mol. The molecule has 0 aliphatic heterocycles. The third-order valence-corrected chi connectivity index (χ3v) is 3.04. The van der Waals surface area contributed by atoms with Gasteiger partial charge in [0, 0.05) is 6.20 Å². The van der Waals surface area contributed by atoms with Crippen LogP contribution in [-0.2, 0) is 0 Å². The molecular formula is C17H22N2O2. The molecule has 112 valence electrons. The van der Waals surface area contributed by atoms with Gasteiger partial charge in [0.2, 0.25) is 0 Å². The fraction of sp³-hybridized carbons (Fsp3) is 0.294. The van der Waals surface area contributed by atoms with Crippen molar-refractivity contribution in [2.45, 2.75) is 33.7 Å². The molecular weight excluding hydrogens is 264 g/mol. The first-order valence-corrected chi connectivity index (χ1v) is 6.82. The van der Waals surface area contributed by atoms with Crippen LogP contribution in [0.3, 0.4) is 0 Å². The molecule has 4 heteroatoms. The quantitative estimate of drug-likeness (QED) is 0.777. The molecule has 0 aliphatic carbocycles. The molecule has 1 aromatic rings. The van der Waals surface area contributed by atoms with E-state index in [0.29, 0.717) is 5.82 Å². The molecule has 1 unspecified atom stereocenters. The van der Waals surface area contributed by atoms with Crippen LogP contribution in [0.15, 0.2) is 48.2 Å².